The van der Waals surface area contributed by atoms with E-state index in [9.17, 15) is 14.4 Å². The molecule has 0 spiro atoms. The van der Waals surface area contributed by atoms with Crippen LogP contribution in [-0.2, 0) is 28.6 Å². The van der Waals surface area contributed by atoms with E-state index >= 15 is 0 Å². The lowest BCUT2D eigenvalue weighted by atomic mass is 10.1. The van der Waals surface area contributed by atoms with Gasteiger partial charge in [-0.15, -0.1) is 0 Å². The first kappa shape index (κ1) is 55.6. The van der Waals surface area contributed by atoms with Crippen molar-refractivity contribution in [1.29, 1.82) is 0 Å². The smallest absolute Gasteiger partial charge is 0.306 e. The number of allylic oxidation sites excluding steroid dienone is 6. The molecule has 0 aromatic heterocycles. The van der Waals surface area contributed by atoms with Crippen LogP contribution in [0.2, 0.25) is 0 Å². The zero-order valence-electron chi connectivity index (χ0n) is 38.6. The van der Waals surface area contributed by atoms with E-state index in [1.165, 1.54) is 135 Å². The maximum atomic E-state index is 12.7. The fourth-order valence-electron chi connectivity index (χ4n) is 7.04. The molecule has 0 bridgehead atoms. The van der Waals surface area contributed by atoms with Crippen molar-refractivity contribution in [2.45, 2.75) is 264 Å². The number of carbonyl (C=O) groups is 3. The molecular weight excluding hydrogens is 721 g/mol. The van der Waals surface area contributed by atoms with Crippen LogP contribution in [0.4, 0.5) is 0 Å². The van der Waals surface area contributed by atoms with Gasteiger partial charge in [0.25, 0.3) is 0 Å². The average Bonchev–Trinajstić information content (AvgIpc) is 3.22. The first-order chi connectivity index (χ1) is 28.5. The van der Waals surface area contributed by atoms with E-state index < -0.39 is 6.10 Å². The zero-order chi connectivity index (χ0) is 42.3. The van der Waals surface area contributed by atoms with Crippen molar-refractivity contribution in [3.05, 3.63) is 36.5 Å². The lowest BCUT2D eigenvalue weighted by Crippen LogP contribution is -2.30. The quantitative estimate of drug-likeness (QED) is 0.0264. The predicted molar refractivity (Wildman–Crippen MR) is 247 cm³/mol. The molecule has 0 amide bonds. The third-order valence-corrected chi connectivity index (χ3v) is 10.9. The monoisotopic (exact) mass is 815 g/mol. The second kappa shape index (κ2) is 47.3. The summed E-state index contributed by atoms with van der Waals surface area (Å²) in [6.45, 7) is 6.57. The molecule has 1 atom stereocenters. The fourth-order valence-corrected chi connectivity index (χ4v) is 7.04. The highest BCUT2D eigenvalue weighted by Gasteiger charge is 2.19. The first-order valence-corrected chi connectivity index (χ1v) is 25.0. The molecule has 0 aromatic carbocycles. The molecule has 0 saturated heterocycles. The van der Waals surface area contributed by atoms with Gasteiger partial charge in [-0.3, -0.25) is 14.4 Å². The third-order valence-electron chi connectivity index (χ3n) is 10.9. The molecule has 0 saturated carbocycles. The van der Waals surface area contributed by atoms with Gasteiger partial charge in [0.05, 0.1) is 0 Å². The summed E-state index contributed by atoms with van der Waals surface area (Å²) in [4.78, 5) is 37.8. The van der Waals surface area contributed by atoms with E-state index in [1.54, 1.807) is 0 Å². The van der Waals surface area contributed by atoms with E-state index in [-0.39, 0.29) is 31.1 Å². The molecule has 0 rings (SSSR count). The van der Waals surface area contributed by atoms with Gasteiger partial charge in [-0.25, -0.2) is 0 Å². The minimum Gasteiger partial charge on any atom is -0.462 e. The molecule has 0 aliphatic carbocycles. The largest absolute Gasteiger partial charge is 0.462 e. The molecule has 58 heavy (non-hydrogen) atoms. The predicted octanol–water partition coefficient (Wildman–Crippen LogP) is 16.1. The van der Waals surface area contributed by atoms with Crippen LogP contribution in [0, 0.1) is 0 Å². The number of rotatable bonds is 45. The Hall–Kier alpha value is -2.37. The van der Waals surface area contributed by atoms with Crippen molar-refractivity contribution in [3.8, 4) is 0 Å². The molecule has 0 N–H and O–H groups in total. The Morgan fingerprint density at radius 1 is 0.345 bits per heavy atom. The van der Waals surface area contributed by atoms with Crippen LogP contribution < -0.4 is 0 Å². The maximum Gasteiger partial charge on any atom is 0.306 e. The number of carbonyl (C=O) groups excluding carboxylic acids is 3. The Bertz CT molecular complexity index is 984. The number of unbranched alkanes of at least 4 members (excludes halogenated alkanes) is 28. The molecule has 0 fully saturated rings. The topological polar surface area (TPSA) is 78.9 Å². The van der Waals surface area contributed by atoms with Crippen LogP contribution in [0.15, 0.2) is 36.5 Å². The summed E-state index contributed by atoms with van der Waals surface area (Å²) in [5, 5.41) is 0. The molecule has 0 radical (unpaired) electrons. The Kier molecular flexibility index (Phi) is 45.4. The van der Waals surface area contributed by atoms with Crippen LogP contribution in [0.1, 0.15) is 258 Å². The second-order valence-electron chi connectivity index (χ2n) is 16.7. The minimum absolute atomic E-state index is 0.0771. The maximum absolute atomic E-state index is 12.7. The van der Waals surface area contributed by atoms with E-state index in [2.05, 4.69) is 57.2 Å². The number of ether oxygens (including phenoxy) is 3. The summed E-state index contributed by atoms with van der Waals surface area (Å²) < 4.78 is 16.7. The summed E-state index contributed by atoms with van der Waals surface area (Å²) in [6.07, 6.45) is 54.1. The molecule has 338 valence electrons. The molecular formula is C52H94O6. The van der Waals surface area contributed by atoms with Gasteiger partial charge in [0.1, 0.15) is 13.2 Å². The molecule has 6 nitrogen and oxygen atoms in total. The standard InChI is InChI=1S/C52H94O6/c1-4-7-10-13-16-19-21-23-25-26-27-29-30-33-36-39-42-45-51(54)57-48-49(47-56-50(53)44-41-38-35-32-18-15-12-9-6-3)58-52(55)46-43-40-37-34-31-28-24-22-20-17-14-11-8-5-2/h14,17,22-25,49H,4-13,15-16,18-21,26-48H2,1-3H3/b17-14-,24-22-,25-23-/t49-/m1/s1. The zero-order valence-corrected chi connectivity index (χ0v) is 38.6. The molecule has 0 unspecified atom stereocenters. The van der Waals surface area contributed by atoms with Crippen LogP contribution in [0.25, 0.3) is 0 Å². The van der Waals surface area contributed by atoms with Gasteiger partial charge < -0.3 is 14.2 Å². The number of hydrogen-bond donors (Lipinski definition) is 0. The highest BCUT2D eigenvalue weighted by atomic mass is 16.6. The number of esters is 3. The lowest BCUT2D eigenvalue weighted by Gasteiger charge is -2.18. The van der Waals surface area contributed by atoms with Gasteiger partial charge in [-0.2, -0.15) is 0 Å². The van der Waals surface area contributed by atoms with Crippen molar-refractivity contribution in [2.75, 3.05) is 13.2 Å². The summed E-state index contributed by atoms with van der Waals surface area (Å²) in [5.41, 5.74) is 0. The normalized spacial score (nSPS) is 12.3. The van der Waals surface area contributed by atoms with Gasteiger partial charge >= 0.3 is 17.9 Å². The summed E-state index contributed by atoms with van der Waals surface area (Å²) >= 11 is 0. The third kappa shape index (κ3) is 44.7. The van der Waals surface area contributed by atoms with E-state index in [0.717, 1.165) is 83.5 Å². The molecule has 6 heteroatoms. The highest BCUT2D eigenvalue weighted by Crippen LogP contribution is 2.14. The molecule has 0 aromatic rings. The SMILES string of the molecule is CCCC/C=C\C/C=C\CCCCCCCC(=O)O[C@@H](COC(=O)CCCCCCCCC/C=C\CCCCCCCC)COC(=O)CCCCCCCCCCC. The van der Waals surface area contributed by atoms with Gasteiger partial charge in [0.2, 0.25) is 0 Å². The number of hydrogen-bond acceptors (Lipinski definition) is 6. The Morgan fingerprint density at radius 2 is 0.638 bits per heavy atom. The van der Waals surface area contributed by atoms with Crippen molar-refractivity contribution in [1.82, 2.24) is 0 Å². The van der Waals surface area contributed by atoms with Crippen LogP contribution in [0.3, 0.4) is 0 Å². The molecule has 0 aliphatic rings. The Balaban J connectivity index is 4.33. The highest BCUT2D eigenvalue weighted by molar-refractivity contribution is 5.71. The average molecular weight is 815 g/mol. The first-order valence-electron chi connectivity index (χ1n) is 25.0. The van der Waals surface area contributed by atoms with E-state index in [4.69, 9.17) is 14.2 Å². The van der Waals surface area contributed by atoms with Gasteiger partial charge in [0.15, 0.2) is 6.10 Å². The second-order valence-corrected chi connectivity index (χ2v) is 16.7. The van der Waals surface area contributed by atoms with Gasteiger partial charge in [-0.1, -0.05) is 205 Å². The fraction of sp³-hybridized carbons (Fsp3) is 0.827. The van der Waals surface area contributed by atoms with Crippen molar-refractivity contribution >= 4 is 17.9 Å². The van der Waals surface area contributed by atoms with E-state index in [1.807, 2.05) is 0 Å². The van der Waals surface area contributed by atoms with Crippen LogP contribution in [-0.4, -0.2) is 37.2 Å². The van der Waals surface area contributed by atoms with Crippen molar-refractivity contribution in [2.24, 2.45) is 0 Å². The van der Waals surface area contributed by atoms with Crippen LogP contribution in [0.5, 0.6) is 0 Å². The summed E-state index contributed by atoms with van der Waals surface area (Å²) in [6, 6.07) is 0. The Labute approximate surface area is 359 Å². The van der Waals surface area contributed by atoms with Crippen molar-refractivity contribution < 1.29 is 28.6 Å². The van der Waals surface area contributed by atoms with E-state index in [0.29, 0.717) is 19.3 Å². The summed E-state index contributed by atoms with van der Waals surface area (Å²) in [7, 11) is 0. The Morgan fingerprint density at radius 3 is 1.02 bits per heavy atom. The van der Waals surface area contributed by atoms with Crippen molar-refractivity contribution in [3.63, 3.8) is 0 Å². The van der Waals surface area contributed by atoms with Crippen LogP contribution >= 0.6 is 0 Å². The lowest BCUT2D eigenvalue weighted by molar-refractivity contribution is -0.167. The minimum atomic E-state index is -0.776. The summed E-state index contributed by atoms with van der Waals surface area (Å²) in [5.74, 6) is -0.892. The van der Waals surface area contributed by atoms with Gasteiger partial charge in [0, 0.05) is 19.3 Å². The molecule has 0 heterocycles. The van der Waals surface area contributed by atoms with Gasteiger partial charge in [-0.05, 0) is 70.6 Å². The molecule has 0 aliphatic heterocycles.